The Hall–Kier alpha value is -1.77. The molecule has 2 N–H and O–H groups in total. The van der Waals surface area contributed by atoms with Gasteiger partial charge in [0.15, 0.2) is 10.8 Å². The van der Waals surface area contributed by atoms with Crippen molar-refractivity contribution in [1.82, 2.24) is 9.38 Å². The van der Waals surface area contributed by atoms with Crippen LogP contribution < -0.4 is 10.0 Å². The summed E-state index contributed by atoms with van der Waals surface area (Å²) in [5.41, 5.74) is 0.398. The number of nitrogens with one attached hydrogen (secondary N) is 2. The number of benzene rings is 1. The maximum atomic E-state index is 12.6. The molecular formula is C12H11ClN4O2S2. The van der Waals surface area contributed by atoms with Crippen molar-refractivity contribution < 1.29 is 8.42 Å². The first-order valence-corrected chi connectivity index (χ1v) is 8.67. The minimum absolute atomic E-state index is 0.0706. The Labute approximate surface area is 130 Å². The number of nitrogens with zero attached hydrogens (tertiary/aromatic N) is 2. The Balaban J connectivity index is 2.09. The summed E-state index contributed by atoms with van der Waals surface area (Å²) in [5.74, 6) is 0.302. The molecule has 1 aromatic carbocycles. The van der Waals surface area contributed by atoms with E-state index in [2.05, 4.69) is 15.0 Å². The van der Waals surface area contributed by atoms with Gasteiger partial charge in [0.25, 0.3) is 10.0 Å². The minimum Gasteiger partial charge on any atom is -0.371 e. The van der Waals surface area contributed by atoms with Gasteiger partial charge in [-0.3, -0.25) is 9.12 Å². The number of sulfonamides is 1. The summed E-state index contributed by atoms with van der Waals surface area (Å²) in [6, 6.07) is 6.53. The van der Waals surface area contributed by atoms with E-state index in [1.165, 1.54) is 15.7 Å². The Kier molecular flexibility index (Phi) is 3.52. The Morgan fingerprint density at radius 3 is 2.90 bits per heavy atom. The number of fused-ring (bicyclic) bond motifs is 1. The van der Waals surface area contributed by atoms with Crippen LogP contribution in [0.2, 0.25) is 5.02 Å². The molecule has 0 spiro atoms. The molecule has 0 fully saturated rings. The van der Waals surface area contributed by atoms with E-state index in [0.29, 0.717) is 21.5 Å². The Morgan fingerprint density at radius 2 is 2.19 bits per heavy atom. The lowest BCUT2D eigenvalue weighted by Crippen LogP contribution is -2.16. The molecule has 3 aromatic rings. The first kappa shape index (κ1) is 14.2. The van der Waals surface area contributed by atoms with Crippen LogP contribution in [0.15, 0.2) is 40.9 Å². The van der Waals surface area contributed by atoms with E-state index in [-0.39, 0.29) is 5.03 Å². The highest BCUT2D eigenvalue weighted by Gasteiger charge is 2.25. The monoisotopic (exact) mass is 342 g/mol. The van der Waals surface area contributed by atoms with Gasteiger partial charge in [0.05, 0.1) is 5.69 Å². The molecule has 3 rings (SSSR count). The number of imidazole rings is 1. The van der Waals surface area contributed by atoms with Crippen molar-refractivity contribution in [3.8, 4) is 0 Å². The number of hydrogen-bond donors (Lipinski definition) is 2. The molecule has 0 unspecified atom stereocenters. The van der Waals surface area contributed by atoms with Gasteiger partial charge in [-0.05, 0) is 18.2 Å². The van der Waals surface area contributed by atoms with E-state index in [0.717, 1.165) is 0 Å². The number of aromatic nitrogens is 2. The second-order valence-electron chi connectivity index (χ2n) is 4.19. The number of halogens is 1. The van der Waals surface area contributed by atoms with Gasteiger partial charge in [0.1, 0.15) is 0 Å². The highest BCUT2D eigenvalue weighted by atomic mass is 35.5. The van der Waals surface area contributed by atoms with E-state index >= 15 is 0 Å². The van der Waals surface area contributed by atoms with E-state index in [9.17, 15) is 8.42 Å². The van der Waals surface area contributed by atoms with Gasteiger partial charge in [-0.15, -0.1) is 11.3 Å². The van der Waals surface area contributed by atoms with Gasteiger partial charge < -0.3 is 5.32 Å². The molecule has 6 nitrogen and oxygen atoms in total. The van der Waals surface area contributed by atoms with Crippen LogP contribution in [-0.2, 0) is 10.0 Å². The van der Waals surface area contributed by atoms with Crippen LogP contribution in [0.5, 0.6) is 0 Å². The average molecular weight is 343 g/mol. The quantitative estimate of drug-likeness (QED) is 0.764. The Bertz CT molecular complexity index is 901. The van der Waals surface area contributed by atoms with Crippen molar-refractivity contribution in [3.63, 3.8) is 0 Å². The van der Waals surface area contributed by atoms with Gasteiger partial charge >= 0.3 is 0 Å². The van der Waals surface area contributed by atoms with Crippen molar-refractivity contribution in [2.45, 2.75) is 5.03 Å². The Morgan fingerprint density at radius 1 is 1.38 bits per heavy atom. The molecule has 0 saturated carbocycles. The maximum absolute atomic E-state index is 12.6. The zero-order chi connectivity index (χ0) is 15.0. The smallest absolute Gasteiger partial charge is 0.281 e. The lowest BCUT2D eigenvalue weighted by molar-refractivity contribution is 0.597. The largest absolute Gasteiger partial charge is 0.371 e. The highest BCUT2D eigenvalue weighted by molar-refractivity contribution is 7.92. The van der Waals surface area contributed by atoms with Crippen LogP contribution in [0, 0.1) is 0 Å². The van der Waals surface area contributed by atoms with E-state index < -0.39 is 10.0 Å². The summed E-state index contributed by atoms with van der Waals surface area (Å²) in [4.78, 5) is 4.84. The van der Waals surface area contributed by atoms with Crippen LogP contribution in [0.3, 0.4) is 0 Å². The molecule has 0 radical (unpaired) electrons. The predicted molar refractivity (Wildman–Crippen MR) is 84.9 cm³/mol. The van der Waals surface area contributed by atoms with Crippen LogP contribution in [0.1, 0.15) is 0 Å². The molecule has 2 aromatic heterocycles. The molecule has 0 bridgehead atoms. The van der Waals surface area contributed by atoms with Crippen molar-refractivity contribution >= 4 is 49.4 Å². The van der Waals surface area contributed by atoms with Gasteiger partial charge in [-0.25, -0.2) is 4.98 Å². The average Bonchev–Trinajstić information content (AvgIpc) is 2.96. The molecule has 0 aliphatic rings. The summed E-state index contributed by atoms with van der Waals surface area (Å²) in [6.07, 6.45) is 1.67. The van der Waals surface area contributed by atoms with Crippen LogP contribution in [0.4, 0.5) is 11.5 Å². The molecule has 0 aliphatic carbocycles. The molecule has 0 atom stereocenters. The van der Waals surface area contributed by atoms with Crippen LogP contribution in [-0.4, -0.2) is 24.9 Å². The summed E-state index contributed by atoms with van der Waals surface area (Å²) in [5, 5.41) is 5.11. The van der Waals surface area contributed by atoms with Crippen molar-refractivity contribution in [2.24, 2.45) is 0 Å². The second kappa shape index (κ2) is 5.21. The lowest BCUT2D eigenvalue weighted by atomic mass is 10.3. The third-order valence-corrected chi connectivity index (χ3v) is 5.18. The summed E-state index contributed by atoms with van der Waals surface area (Å²) < 4.78 is 29.3. The standard InChI is InChI=1S/C12H11ClN4O2S2/c1-14-10-11(17-5-6-20-12(17)15-10)21(18,19)16-9-4-2-3-8(13)7-9/h2-7,14,16H,1H3. The highest BCUT2D eigenvalue weighted by Crippen LogP contribution is 2.27. The molecule has 0 amide bonds. The number of anilines is 2. The minimum atomic E-state index is -3.79. The van der Waals surface area contributed by atoms with Crippen molar-refractivity contribution in [1.29, 1.82) is 0 Å². The first-order valence-electron chi connectivity index (χ1n) is 5.93. The SMILES string of the molecule is CNc1nc2sccn2c1S(=O)(=O)Nc1cccc(Cl)c1. The fourth-order valence-corrected chi connectivity index (χ4v) is 4.24. The third-order valence-electron chi connectivity index (χ3n) is 2.79. The third kappa shape index (κ3) is 2.57. The predicted octanol–water partition coefficient (Wildman–Crippen LogP) is 2.89. The summed E-state index contributed by atoms with van der Waals surface area (Å²) in [6.45, 7) is 0. The summed E-state index contributed by atoms with van der Waals surface area (Å²) in [7, 11) is -2.16. The van der Waals surface area contributed by atoms with Gasteiger partial charge in [0, 0.05) is 23.6 Å². The van der Waals surface area contributed by atoms with E-state index in [1.54, 1.807) is 42.9 Å². The molecule has 2 heterocycles. The second-order valence-corrected chi connectivity index (χ2v) is 7.09. The zero-order valence-corrected chi connectivity index (χ0v) is 13.3. The first-order chi connectivity index (χ1) is 10.0. The van der Waals surface area contributed by atoms with E-state index in [1.807, 2.05) is 0 Å². The van der Waals surface area contributed by atoms with Gasteiger partial charge in [0.2, 0.25) is 5.03 Å². The maximum Gasteiger partial charge on any atom is 0.281 e. The molecule has 9 heteroatoms. The fourth-order valence-electron chi connectivity index (χ4n) is 1.94. The van der Waals surface area contributed by atoms with Crippen molar-refractivity contribution in [2.75, 3.05) is 17.1 Å². The van der Waals surface area contributed by atoms with Crippen molar-refractivity contribution in [3.05, 3.63) is 40.9 Å². The molecule has 0 aliphatic heterocycles. The molecule has 110 valence electrons. The lowest BCUT2D eigenvalue weighted by Gasteiger charge is -2.09. The number of thiazole rings is 1. The van der Waals surface area contributed by atoms with Crippen LogP contribution in [0.25, 0.3) is 4.96 Å². The zero-order valence-electron chi connectivity index (χ0n) is 10.9. The van der Waals surface area contributed by atoms with E-state index in [4.69, 9.17) is 11.6 Å². The summed E-state index contributed by atoms with van der Waals surface area (Å²) >= 11 is 7.23. The topological polar surface area (TPSA) is 75.5 Å². The molecule has 21 heavy (non-hydrogen) atoms. The normalized spacial score (nSPS) is 11.7. The van der Waals surface area contributed by atoms with Crippen LogP contribution >= 0.6 is 22.9 Å². The number of hydrogen-bond acceptors (Lipinski definition) is 5. The molecule has 0 saturated heterocycles. The number of rotatable bonds is 4. The molecular weight excluding hydrogens is 332 g/mol. The fraction of sp³-hybridized carbons (Fsp3) is 0.0833. The van der Waals surface area contributed by atoms with Gasteiger partial charge in [-0.1, -0.05) is 17.7 Å². The van der Waals surface area contributed by atoms with Gasteiger partial charge in [-0.2, -0.15) is 8.42 Å².